The summed E-state index contributed by atoms with van der Waals surface area (Å²) in [6.07, 6.45) is 0. The first-order chi connectivity index (χ1) is 10.4. The fraction of sp³-hybridized carbons (Fsp3) is 0.188. The van der Waals surface area contributed by atoms with E-state index in [1.54, 1.807) is 13.0 Å². The van der Waals surface area contributed by atoms with Crippen LogP contribution in [-0.2, 0) is 16.6 Å². The van der Waals surface area contributed by atoms with Crippen LogP contribution in [-0.4, -0.2) is 21.4 Å². The quantitative estimate of drug-likeness (QED) is 0.883. The molecule has 0 heterocycles. The minimum atomic E-state index is -3.57. The molecule has 6 heteroatoms. The number of sulfonamides is 1. The second-order valence-electron chi connectivity index (χ2n) is 4.85. The molecule has 22 heavy (non-hydrogen) atoms. The van der Waals surface area contributed by atoms with Gasteiger partial charge in [0.1, 0.15) is 0 Å². The Morgan fingerprint density at radius 3 is 2.41 bits per heavy atom. The van der Waals surface area contributed by atoms with E-state index in [2.05, 4.69) is 10.0 Å². The van der Waals surface area contributed by atoms with E-state index >= 15 is 0 Å². The van der Waals surface area contributed by atoms with E-state index in [0.29, 0.717) is 12.1 Å². The minimum Gasteiger partial charge on any atom is -0.348 e. The van der Waals surface area contributed by atoms with Crippen LogP contribution in [0.4, 0.5) is 0 Å². The average Bonchev–Trinajstić information content (AvgIpc) is 2.53. The molecule has 0 saturated carbocycles. The highest BCUT2D eigenvalue weighted by molar-refractivity contribution is 7.89. The van der Waals surface area contributed by atoms with Gasteiger partial charge in [-0.3, -0.25) is 4.79 Å². The lowest BCUT2D eigenvalue weighted by Crippen LogP contribution is -2.25. The number of amides is 1. The highest BCUT2D eigenvalue weighted by Crippen LogP contribution is 2.15. The second-order valence-corrected chi connectivity index (χ2v) is 6.74. The number of rotatable bonds is 5. The molecule has 0 unspecified atom stereocenters. The Balaban J connectivity index is 2.20. The first kappa shape index (κ1) is 16.2. The van der Waals surface area contributed by atoms with Crippen molar-refractivity contribution in [2.45, 2.75) is 18.4 Å². The average molecular weight is 318 g/mol. The summed E-state index contributed by atoms with van der Waals surface area (Å²) in [5.74, 6) is -0.297. The molecule has 0 fully saturated rings. The van der Waals surface area contributed by atoms with E-state index in [0.717, 1.165) is 11.1 Å². The van der Waals surface area contributed by atoms with Crippen molar-refractivity contribution in [3.63, 3.8) is 0 Å². The molecule has 0 aromatic heterocycles. The number of carbonyl (C=O) groups excluding carboxylic acids is 1. The first-order valence-electron chi connectivity index (χ1n) is 6.80. The van der Waals surface area contributed by atoms with Gasteiger partial charge in [-0.2, -0.15) is 0 Å². The molecule has 0 atom stereocenters. The van der Waals surface area contributed by atoms with Crippen molar-refractivity contribution in [3.8, 4) is 0 Å². The monoisotopic (exact) mass is 318 g/mol. The molecule has 0 bridgehead atoms. The van der Waals surface area contributed by atoms with Crippen molar-refractivity contribution in [1.29, 1.82) is 0 Å². The van der Waals surface area contributed by atoms with Gasteiger partial charge in [0.25, 0.3) is 5.91 Å². The number of nitrogens with one attached hydrogen (secondary N) is 2. The third-order valence-electron chi connectivity index (χ3n) is 3.33. The van der Waals surface area contributed by atoms with Crippen LogP contribution in [0.25, 0.3) is 0 Å². The molecule has 116 valence electrons. The number of carbonyl (C=O) groups is 1. The van der Waals surface area contributed by atoms with Gasteiger partial charge in [0.2, 0.25) is 10.0 Å². The fourth-order valence-corrected chi connectivity index (χ4v) is 2.76. The van der Waals surface area contributed by atoms with Gasteiger partial charge in [-0.15, -0.1) is 0 Å². The maximum atomic E-state index is 12.3. The van der Waals surface area contributed by atoms with Crippen molar-refractivity contribution in [2.75, 3.05) is 7.05 Å². The number of hydrogen-bond donors (Lipinski definition) is 2. The topological polar surface area (TPSA) is 75.3 Å². The summed E-state index contributed by atoms with van der Waals surface area (Å²) in [4.78, 5) is 12.4. The molecule has 1 amide bonds. The summed E-state index contributed by atoms with van der Waals surface area (Å²) in [6.45, 7) is 2.16. The van der Waals surface area contributed by atoms with Gasteiger partial charge in [0.05, 0.1) is 4.90 Å². The van der Waals surface area contributed by atoms with E-state index in [4.69, 9.17) is 0 Å². The van der Waals surface area contributed by atoms with Crippen LogP contribution in [0.5, 0.6) is 0 Å². The van der Waals surface area contributed by atoms with Crippen LogP contribution in [0.2, 0.25) is 0 Å². The molecule has 2 aromatic rings. The summed E-state index contributed by atoms with van der Waals surface area (Å²) in [6, 6.07) is 14.0. The van der Waals surface area contributed by atoms with Crippen molar-refractivity contribution in [2.24, 2.45) is 0 Å². The predicted molar refractivity (Wildman–Crippen MR) is 85.0 cm³/mol. The highest BCUT2D eigenvalue weighted by Gasteiger charge is 2.16. The number of aryl methyl sites for hydroxylation is 1. The van der Waals surface area contributed by atoms with Crippen LogP contribution in [0.15, 0.2) is 53.4 Å². The third-order valence-corrected chi connectivity index (χ3v) is 4.74. The molecule has 2 aromatic carbocycles. The van der Waals surface area contributed by atoms with Crippen LogP contribution in [0, 0.1) is 6.92 Å². The third kappa shape index (κ3) is 3.72. The number of hydrogen-bond acceptors (Lipinski definition) is 3. The Bertz CT molecular complexity index is 771. The summed E-state index contributed by atoms with van der Waals surface area (Å²) in [7, 11) is -2.23. The maximum Gasteiger partial charge on any atom is 0.251 e. The van der Waals surface area contributed by atoms with Crippen LogP contribution in [0.1, 0.15) is 21.5 Å². The summed E-state index contributed by atoms with van der Waals surface area (Å²) in [5.41, 5.74) is 2.06. The normalized spacial score (nSPS) is 11.2. The van der Waals surface area contributed by atoms with Gasteiger partial charge in [-0.25, -0.2) is 13.1 Å². The molecule has 0 aliphatic heterocycles. The fourth-order valence-electron chi connectivity index (χ4n) is 2.00. The summed E-state index contributed by atoms with van der Waals surface area (Å²) >= 11 is 0. The van der Waals surface area contributed by atoms with Crippen LogP contribution < -0.4 is 10.0 Å². The van der Waals surface area contributed by atoms with Gasteiger partial charge >= 0.3 is 0 Å². The SMILES string of the molecule is CNS(=O)(=O)c1ccc(C)c(C(=O)NCc2ccccc2)c1. The van der Waals surface area contributed by atoms with E-state index < -0.39 is 10.0 Å². The number of benzene rings is 2. The Hall–Kier alpha value is -2.18. The molecule has 5 nitrogen and oxygen atoms in total. The molecule has 0 saturated heterocycles. The Morgan fingerprint density at radius 2 is 1.77 bits per heavy atom. The zero-order valence-electron chi connectivity index (χ0n) is 12.5. The van der Waals surface area contributed by atoms with E-state index in [-0.39, 0.29) is 10.8 Å². The van der Waals surface area contributed by atoms with E-state index in [1.165, 1.54) is 19.2 Å². The van der Waals surface area contributed by atoms with Crippen molar-refractivity contribution in [1.82, 2.24) is 10.0 Å². The highest BCUT2D eigenvalue weighted by atomic mass is 32.2. The van der Waals surface area contributed by atoms with Gasteiger partial charge in [0.15, 0.2) is 0 Å². The Labute approximate surface area is 130 Å². The molecule has 2 N–H and O–H groups in total. The van der Waals surface area contributed by atoms with Crippen LogP contribution in [0.3, 0.4) is 0 Å². The van der Waals surface area contributed by atoms with Gasteiger partial charge < -0.3 is 5.32 Å². The molecular weight excluding hydrogens is 300 g/mol. The standard InChI is InChI=1S/C16H18N2O3S/c1-12-8-9-14(22(20,21)17-2)10-15(12)16(19)18-11-13-6-4-3-5-7-13/h3-10,17H,11H2,1-2H3,(H,18,19). The maximum absolute atomic E-state index is 12.3. The predicted octanol–water partition coefficient (Wildman–Crippen LogP) is 1.83. The molecule has 2 rings (SSSR count). The van der Waals surface area contributed by atoms with Gasteiger partial charge in [-0.05, 0) is 37.2 Å². The van der Waals surface area contributed by atoms with Crippen molar-refractivity contribution < 1.29 is 13.2 Å². The lowest BCUT2D eigenvalue weighted by atomic mass is 10.1. The zero-order valence-corrected chi connectivity index (χ0v) is 13.3. The Kier molecular flexibility index (Phi) is 4.95. The minimum absolute atomic E-state index is 0.0745. The molecular formula is C16H18N2O3S. The Morgan fingerprint density at radius 1 is 1.09 bits per heavy atom. The summed E-state index contributed by atoms with van der Waals surface area (Å²) in [5, 5.41) is 2.80. The second kappa shape index (κ2) is 6.72. The first-order valence-corrected chi connectivity index (χ1v) is 8.28. The van der Waals surface area contributed by atoms with Gasteiger partial charge in [-0.1, -0.05) is 36.4 Å². The largest absolute Gasteiger partial charge is 0.348 e. The zero-order chi connectivity index (χ0) is 16.2. The van der Waals surface area contributed by atoms with Gasteiger partial charge in [0, 0.05) is 12.1 Å². The smallest absolute Gasteiger partial charge is 0.251 e. The molecule has 0 spiro atoms. The van der Waals surface area contributed by atoms with E-state index in [1.807, 2.05) is 30.3 Å². The lowest BCUT2D eigenvalue weighted by molar-refractivity contribution is 0.0950. The molecule has 0 aliphatic carbocycles. The molecule has 0 radical (unpaired) electrons. The lowest BCUT2D eigenvalue weighted by Gasteiger charge is -2.10. The van der Waals surface area contributed by atoms with Crippen LogP contribution >= 0.6 is 0 Å². The van der Waals surface area contributed by atoms with Crippen molar-refractivity contribution in [3.05, 3.63) is 65.2 Å². The summed E-state index contributed by atoms with van der Waals surface area (Å²) < 4.78 is 25.9. The van der Waals surface area contributed by atoms with E-state index in [9.17, 15) is 13.2 Å². The van der Waals surface area contributed by atoms with Crippen molar-refractivity contribution >= 4 is 15.9 Å². The molecule has 0 aliphatic rings.